The largest absolute Gasteiger partial charge is 0.478 e. The van der Waals surface area contributed by atoms with Crippen molar-refractivity contribution in [2.24, 2.45) is 0 Å². The fourth-order valence-electron chi connectivity index (χ4n) is 3.64. The third kappa shape index (κ3) is 10.8. The van der Waals surface area contributed by atoms with Crippen molar-refractivity contribution in [3.63, 3.8) is 0 Å². The number of unbranched alkanes of at least 4 members (excludes halogenated alkanes) is 12. The number of carboxylic acids is 1. The summed E-state index contributed by atoms with van der Waals surface area (Å²) in [6, 6.07) is 3.28. The van der Waals surface area contributed by atoms with Crippen molar-refractivity contribution in [3.05, 3.63) is 27.7 Å². The molecule has 0 bridgehead atoms. The molecule has 5 heteroatoms. The smallest absolute Gasteiger partial charge is 0.339 e. The molecule has 0 aliphatic rings. The van der Waals surface area contributed by atoms with Gasteiger partial charge in [0.25, 0.3) is 0 Å². The average molecular weight is 469 g/mol. The van der Waals surface area contributed by atoms with Crippen LogP contribution in [0.15, 0.2) is 16.6 Å². The van der Waals surface area contributed by atoms with E-state index in [0.29, 0.717) is 12.0 Å². The highest BCUT2D eigenvalue weighted by Gasteiger charge is 2.20. The SMILES string of the molecule is CCCCCCCCCCCCCCCc1c(Br)ccc(OC(C)=O)c1C(=O)O. The van der Waals surface area contributed by atoms with E-state index in [1.165, 1.54) is 83.6 Å². The first kappa shape index (κ1) is 25.7. The number of halogens is 1. The van der Waals surface area contributed by atoms with Crippen molar-refractivity contribution in [1.29, 1.82) is 0 Å². The zero-order chi connectivity index (χ0) is 21.5. The first-order valence-electron chi connectivity index (χ1n) is 11.2. The molecule has 0 aromatic heterocycles. The molecule has 0 unspecified atom stereocenters. The minimum atomic E-state index is -1.06. The number of aromatic carboxylic acids is 1. The van der Waals surface area contributed by atoms with Crippen LogP contribution in [0.25, 0.3) is 0 Å². The second kappa shape index (κ2) is 15.5. The zero-order valence-corrected chi connectivity index (χ0v) is 19.7. The van der Waals surface area contributed by atoms with Crippen molar-refractivity contribution < 1.29 is 19.4 Å². The van der Waals surface area contributed by atoms with E-state index in [9.17, 15) is 14.7 Å². The Kier molecular flexibility index (Phi) is 13.7. The molecule has 164 valence electrons. The predicted molar refractivity (Wildman–Crippen MR) is 122 cm³/mol. The fraction of sp³-hybridized carbons (Fsp3) is 0.667. The summed E-state index contributed by atoms with van der Waals surface area (Å²) in [5, 5.41) is 9.58. The summed E-state index contributed by atoms with van der Waals surface area (Å²) in [6.07, 6.45) is 17.3. The van der Waals surface area contributed by atoms with Crippen molar-refractivity contribution in [3.8, 4) is 5.75 Å². The Morgan fingerprint density at radius 2 is 1.34 bits per heavy atom. The van der Waals surface area contributed by atoms with Gasteiger partial charge in [0.15, 0.2) is 0 Å². The van der Waals surface area contributed by atoms with Gasteiger partial charge in [0.2, 0.25) is 0 Å². The van der Waals surface area contributed by atoms with Crippen LogP contribution in [0.5, 0.6) is 5.75 Å². The lowest BCUT2D eigenvalue weighted by Gasteiger charge is -2.13. The molecule has 0 atom stereocenters. The number of benzene rings is 1. The minimum Gasteiger partial charge on any atom is -0.478 e. The number of hydrogen-bond donors (Lipinski definition) is 1. The third-order valence-electron chi connectivity index (χ3n) is 5.22. The van der Waals surface area contributed by atoms with Crippen molar-refractivity contribution in [2.45, 2.75) is 104 Å². The van der Waals surface area contributed by atoms with Crippen LogP contribution in [0, 0.1) is 0 Å². The Bertz CT molecular complexity index is 628. The Balaban J connectivity index is 2.27. The van der Waals surface area contributed by atoms with Crippen LogP contribution < -0.4 is 4.74 Å². The van der Waals surface area contributed by atoms with Gasteiger partial charge in [0, 0.05) is 11.4 Å². The van der Waals surface area contributed by atoms with E-state index in [4.69, 9.17) is 4.74 Å². The monoisotopic (exact) mass is 468 g/mol. The third-order valence-corrected chi connectivity index (χ3v) is 5.96. The molecule has 4 nitrogen and oxygen atoms in total. The van der Waals surface area contributed by atoms with Gasteiger partial charge in [-0.15, -0.1) is 0 Å². The van der Waals surface area contributed by atoms with Crippen molar-refractivity contribution in [1.82, 2.24) is 0 Å². The van der Waals surface area contributed by atoms with Gasteiger partial charge < -0.3 is 9.84 Å². The van der Waals surface area contributed by atoms with Crippen LogP contribution in [0.3, 0.4) is 0 Å². The Labute approximate surface area is 184 Å². The molecule has 1 aromatic carbocycles. The second-order valence-electron chi connectivity index (χ2n) is 7.79. The molecule has 1 aromatic rings. The molecular formula is C24H37BrO4. The van der Waals surface area contributed by atoms with Crippen LogP contribution in [0.1, 0.15) is 113 Å². The number of rotatable bonds is 16. The quantitative estimate of drug-likeness (QED) is 0.153. The van der Waals surface area contributed by atoms with E-state index in [2.05, 4.69) is 22.9 Å². The lowest BCUT2D eigenvalue weighted by molar-refractivity contribution is -0.131. The van der Waals surface area contributed by atoms with E-state index >= 15 is 0 Å². The van der Waals surface area contributed by atoms with Crippen LogP contribution in [0.4, 0.5) is 0 Å². The molecular weight excluding hydrogens is 432 g/mol. The maximum Gasteiger partial charge on any atom is 0.339 e. The van der Waals surface area contributed by atoms with Crippen LogP contribution in [-0.4, -0.2) is 17.0 Å². The number of carbonyl (C=O) groups excluding carboxylic acids is 1. The molecule has 1 N–H and O–H groups in total. The Morgan fingerprint density at radius 3 is 1.79 bits per heavy atom. The normalized spacial score (nSPS) is 10.9. The van der Waals surface area contributed by atoms with Gasteiger partial charge in [-0.2, -0.15) is 0 Å². The lowest BCUT2D eigenvalue weighted by Crippen LogP contribution is -2.10. The molecule has 0 amide bonds. The summed E-state index contributed by atoms with van der Waals surface area (Å²) < 4.78 is 5.84. The van der Waals surface area contributed by atoms with Gasteiger partial charge in [0.05, 0.1) is 0 Å². The highest BCUT2D eigenvalue weighted by atomic mass is 79.9. The molecule has 0 heterocycles. The molecule has 0 spiro atoms. The summed E-state index contributed by atoms with van der Waals surface area (Å²) in [5.41, 5.74) is 0.799. The first-order chi connectivity index (χ1) is 14.0. The fourth-order valence-corrected chi connectivity index (χ4v) is 4.17. The molecule has 0 saturated carbocycles. The van der Waals surface area contributed by atoms with E-state index in [0.717, 1.165) is 17.3 Å². The standard InChI is InChI=1S/C24H37BrO4/c1-3-4-5-6-7-8-9-10-11-12-13-14-15-16-20-21(25)17-18-22(29-19(2)26)23(20)24(27)28/h17-18H,3-16H2,1-2H3,(H,27,28). The first-order valence-corrected chi connectivity index (χ1v) is 12.0. The lowest BCUT2D eigenvalue weighted by atomic mass is 9.99. The van der Waals surface area contributed by atoms with E-state index in [-0.39, 0.29) is 11.3 Å². The van der Waals surface area contributed by atoms with Gasteiger partial charge in [-0.1, -0.05) is 99.9 Å². The maximum absolute atomic E-state index is 11.7. The van der Waals surface area contributed by atoms with E-state index in [1.54, 1.807) is 6.07 Å². The van der Waals surface area contributed by atoms with Gasteiger partial charge in [-0.3, -0.25) is 4.79 Å². The summed E-state index contributed by atoms with van der Waals surface area (Å²) in [6.45, 7) is 3.53. The van der Waals surface area contributed by atoms with Gasteiger partial charge in [0.1, 0.15) is 11.3 Å². The molecule has 0 radical (unpaired) electrons. The molecule has 29 heavy (non-hydrogen) atoms. The summed E-state index contributed by atoms with van der Waals surface area (Å²) in [4.78, 5) is 22.9. The molecule has 0 fully saturated rings. The summed E-state index contributed by atoms with van der Waals surface area (Å²) >= 11 is 3.45. The average Bonchev–Trinajstić information content (AvgIpc) is 2.67. The number of hydrogen-bond acceptors (Lipinski definition) is 3. The van der Waals surface area contributed by atoms with Crippen molar-refractivity contribution in [2.75, 3.05) is 0 Å². The highest BCUT2D eigenvalue weighted by Crippen LogP contribution is 2.31. The van der Waals surface area contributed by atoms with Gasteiger partial charge in [-0.25, -0.2) is 4.79 Å². The number of carbonyl (C=O) groups is 2. The van der Waals surface area contributed by atoms with Crippen molar-refractivity contribution >= 4 is 27.9 Å². The topological polar surface area (TPSA) is 63.6 Å². The zero-order valence-electron chi connectivity index (χ0n) is 18.1. The number of ether oxygens (including phenoxy) is 1. The maximum atomic E-state index is 11.7. The molecule has 0 aliphatic heterocycles. The minimum absolute atomic E-state index is 0.0912. The van der Waals surface area contributed by atoms with Crippen LogP contribution >= 0.6 is 15.9 Å². The Hall–Kier alpha value is -1.36. The van der Waals surface area contributed by atoms with Crippen LogP contribution in [0.2, 0.25) is 0 Å². The molecule has 1 rings (SSSR count). The van der Waals surface area contributed by atoms with E-state index < -0.39 is 11.9 Å². The van der Waals surface area contributed by atoms with E-state index in [1.807, 2.05) is 0 Å². The summed E-state index contributed by atoms with van der Waals surface area (Å²) in [5.74, 6) is -1.45. The van der Waals surface area contributed by atoms with Gasteiger partial charge in [-0.05, 0) is 30.5 Å². The number of esters is 1. The predicted octanol–water partition coefficient (Wildman–Crippen LogP) is 7.71. The number of carboxylic acid groups (broad SMARTS) is 1. The Morgan fingerprint density at radius 1 is 0.862 bits per heavy atom. The summed E-state index contributed by atoms with van der Waals surface area (Å²) in [7, 11) is 0. The highest BCUT2D eigenvalue weighted by molar-refractivity contribution is 9.10. The van der Waals surface area contributed by atoms with Crippen LogP contribution in [-0.2, 0) is 11.2 Å². The van der Waals surface area contributed by atoms with Gasteiger partial charge >= 0.3 is 11.9 Å². The molecule has 0 saturated heterocycles. The molecule has 0 aliphatic carbocycles. The second-order valence-corrected chi connectivity index (χ2v) is 8.64.